The SMILES string of the molecule is Cc1ccc(CC(=O)Nc2cc(-c3ccsc3)ccc2N(CC(C)C)CC(C)C)cc1.Cc1ccc(CC(=O)Nc2cc(B3OCC(C)(C)CO3)ccc2N(CC(C)C)CC(C)C)cc1.O=C(O)c1cscc1Br.O=C=O. The fraction of sp³-hybridized carbons (Fsp3) is 0.410. The first-order chi connectivity index (χ1) is 36.5. The number of aryl methyl sites for hydroxylation is 2. The van der Waals surface area contributed by atoms with E-state index >= 15 is 0 Å². The third kappa shape index (κ3) is 22.2. The van der Waals surface area contributed by atoms with Gasteiger partial charge in [0.05, 0.1) is 41.2 Å². The molecule has 7 rings (SSSR count). The molecular weight excluding hydrogens is 1070 g/mol. The van der Waals surface area contributed by atoms with Crippen LogP contribution in [0.3, 0.4) is 0 Å². The van der Waals surface area contributed by atoms with Crippen LogP contribution in [-0.2, 0) is 41.3 Å². The highest BCUT2D eigenvalue weighted by Gasteiger charge is 2.34. The maximum Gasteiger partial charge on any atom is 0.493 e. The van der Waals surface area contributed by atoms with Crippen molar-refractivity contribution in [3.05, 3.63) is 145 Å². The molecule has 1 aliphatic rings. The van der Waals surface area contributed by atoms with Gasteiger partial charge >= 0.3 is 19.2 Å². The van der Waals surface area contributed by atoms with Crippen LogP contribution in [0, 0.1) is 42.9 Å². The van der Waals surface area contributed by atoms with Crippen molar-refractivity contribution in [1.29, 1.82) is 0 Å². The lowest BCUT2D eigenvalue weighted by Crippen LogP contribution is -2.47. The average molecular weight is 1150 g/mol. The highest BCUT2D eigenvalue weighted by molar-refractivity contribution is 9.10. The number of carboxylic acids is 1. The maximum atomic E-state index is 13.1. The summed E-state index contributed by atoms with van der Waals surface area (Å²) in [6.07, 6.45) is 0.958. The molecule has 0 radical (unpaired) electrons. The first-order valence-electron chi connectivity index (χ1n) is 26.2. The number of carbonyl (C=O) groups excluding carboxylic acids is 4. The summed E-state index contributed by atoms with van der Waals surface area (Å²) in [5, 5.41) is 22.4. The van der Waals surface area contributed by atoms with Gasteiger partial charge in [-0.1, -0.05) is 141 Å². The van der Waals surface area contributed by atoms with Gasteiger partial charge in [-0.2, -0.15) is 32.3 Å². The largest absolute Gasteiger partial charge is 0.493 e. The second-order valence-corrected chi connectivity index (χ2v) is 24.3. The summed E-state index contributed by atoms with van der Waals surface area (Å²) in [5.74, 6) is 1.18. The quantitative estimate of drug-likeness (QED) is 0.0668. The number of benzene rings is 4. The van der Waals surface area contributed by atoms with Gasteiger partial charge in [-0.15, -0.1) is 0 Å². The molecule has 1 fully saturated rings. The topological polar surface area (TPSA) is 155 Å². The van der Waals surface area contributed by atoms with E-state index in [2.05, 4.69) is 179 Å². The van der Waals surface area contributed by atoms with Gasteiger partial charge in [0.2, 0.25) is 11.8 Å². The van der Waals surface area contributed by atoms with Crippen LogP contribution < -0.4 is 25.9 Å². The Bertz CT molecular complexity index is 2780. The lowest BCUT2D eigenvalue weighted by atomic mass is 9.75. The maximum absolute atomic E-state index is 13.1. The molecule has 3 heterocycles. The minimum Gasteiger partial charge on any atom is -0.478 e. The Balaban J connectivity index is 0.000000274. The Morgan fingerprint density at radius 1 is 0.636 bits per heavy atom. The van der Waals surface area contributed by atoms with Gasteiger partial charge in [-0.25, -0.2) is 4.79 Å². The minimum absolute atomic E-state index is 0.00680. The number of hydrogen-bond acceptors (Lipinski definition) is 11. The summed E-state index contributed by atoms with van der Waals surface area (Å²) in [5.41, 5.74) is 11.8. The number of aromatic carboxylic acids is 1. The standard InChI is InChI=1S/C28H41BN2O3.C27H34N2OS.C5H3BrO2S.CO2/c1-20(2)16-31(17-21(3)4)26-13-12-24(29-33-18-28(6,7)19-34-29)15-25(26)30-27(32)14-23-10-8-22(5)9-11-23;1-19(2)16-29(17-20(3)4)26-11-10-23(24-12-13-31-18-24)15-25(26)28-27(30)14-22-8-6-21(5)7-9-22;6-4-2-9-1-3(4)5(7)8;2-1-3/h8-13,15,20-21H,14,16-19H2,1-7H3,(H,30,32);6-13,15,18-20H,14,16-17H2,1-5H3,(H,28,30);1-2H,(H,7,8);. The molecule has 0 aliphatic carbocycles. The van der Waals surface area contributed by atoms with E-state index < -0.39 is 13.1 Å². The van der Waals surface area contributed by atoms with E-state index in [1.54, 1.807) is 22.1 Å². The van der Waals surface area contributed by atoms with Crippen molar-refractivity contribution in [1.82, 2.24) is 0 Å². The van der Waals surface area contributed by atoms with Crippen molar-refractivity contribution in [2.75, 3.05) is 59.8 Å². The summed E-state index contributed by atoms with van der Waals surface area (Å²) in [6, 6.07) is 31.1. The van der Waals surface area contributed by atoms with E-state index in [1.165, 1.54) is 28.0 Å². The molecule has 0 atom stereocenters. The van der Waals surface area contributed by atoms with Crippen molar-refractivity contribution in [2.45, 2.75) is 95.9 Å². The normalized spacial score (nSPS) is 12.6. The van der Waals surface area contributed by atoms with Crippen LogP contribution in [0.4, 0.5) is 22.7 Å². The zero-order chi connectivity index (χ0) is 56.8. The Labute approximate surface area is 474 Å². The highest BCUT2D eigenvalue weighted by atomic mass is 79.9. The Morgan fingerprint density at radius 3 is 1.45 bits per heavy atom. The minimum atomic E-state index is -0.886. The van der Waals surface area contributed by atoms with Crippen molar-refractivity contribution in [3.8, 4) is 11.1 Å². The lowest BCUT2D eigenvalue weighted by molar-refractivity contribution is -0.191. The molecule has 16 heteroatoms. The van der Waals surface area contributed by atoms with E-state index in [-0.39, 0.29) is 23.4 Å². The van der Waals surface area contributed by atoms with E-state index in [0.29, 0.717) is 59.8 Å². The molecule has 0 bridgehead atoms. The van der Waals surface area contributed by atoms with Crippen LogP contribution in [0.5, 0.6) is 0 Å². The van der Waals surface area contributed by atoms with Gasteiger partial charge < -0.3 is 34.8 Å². The number of rotatable bonds is 19. The van der Waals surface area contributed by atoms with Gasteiger partial charge in [-0.3, -0.25) is 9.59 Å². The molecule has 0 unspecified atom stereocenters. The first kappa shape index (κ1) is 63.7. The third-order valence-electron chi connectivity index (χ3n) is 11.8. The Morgan fingerprint density at radius 2 is 1.08 bits per heavy atom. The predicted molar refractivity (Wildman–Crippen MR) is 322 cm³/mol. The average Bonchev–Trinajstić information content (AvgIpc) is 4.06. The van der Waals surface area contributed by atoms with Crippen molar-refractivity contribution >= 4 is 97.9 Å². The molecule has 4 aromatic carbocycles. The van der Waals surface area contributed by atoms with E-state index in [0.717, 1.165) is 71.1 Å². The molecule has 6 aromatic rings. The van der Waals surface area contributed by atoms with Crippen molar-refractivity contribution < 1.29 is 38.4 Å². The van der Waals surface area contributed by atoms with Crippen LogP contribution in [-0.4, -0.2) is 75.6 Å². The number of anilines is 4. The number of hydrogen-bond donors (Lipinski definition) is 3. The number of nitrogens with zero attached hydrogens (tertiary/aromatic N) is 2. The number of amides is 2. The molecule has 412 valence electrons. The molecule has 77 heavy (non-hydrogen) atoms. The number of carbonyl (C=O) groups is 3. The molecule has 3 N–H and O–H groups in total. The van der Waals surface area contributed by atoms with Crippen molar-refractivity contribution in [2.24, 2.45) is 29.1 Å². The third-order valence-corrected chi connectivity index (χ3v) is 14.2. The molecule has 1 saturated heterocycles. The zero-order valence-electron chi connectivity index (χ0n) is 46.9. The molecule has 2 aromatic heterocycles. The summed E-state index contributed by atoms with van der Waals surface area (Å²) in [6.45, 7) is 31.3. The van der Waals surface area contributed by atoms with E-state index in [4.69, 9.17) is 24.0 Å². The van der Waals surface area contributed by atoms with Gasteiger partial charge in [0.15, 0.2) is 0 Å². The zero-order valence-corrected chi connectivity index (χ0v) is 50.1. The summed E-state index contributed by atoms with van der Waals surface area (Å²) >= 11 is 6.15. The van der Waals surface area contributed by atoms with Gasteiger partial charge in [-0.05, 0) is 122 Å². The van der Waals surface area contributed by atoms with Crippen molar-refractivity contribution in [3.63, 3.8) is 0 Å². The summed E-state index contributed by atoms with van der Waals surface area (Å²) in [7, 11) is -0.418. The smallest absolute Gasteiger partial charge is 0.478 e. The number of thiophene rings is 2. The fourth-order valence-corrected chi connectivity index (χ4v) is 10.5. The van der Waals surface area contributed by atoms with E-state index in [1.807, 2.05) is 42.5 Å². The Kier molecular flexibility index (Phi) is 26.1. The summed E-state index contributed by atoms with van der Waals surface area (Å²) < 4.78 is 12.7. The van der Waals surface area contributed by atoms with E-state index in [9.17, 15) is 14.4 Å². The first-order valence-corrected chi connectivity index (χ1v) is 28.8. The molecule has 0 spiro atoms. The molecule has 1 aliphatic heterocycles. The number of nitrogens with one attached hydrogen (secondary N) is 2. The second-order valence-electron chi connectivity index (χ2n) is 22.0. The highest BCUT2D eigenvalue weighted by Crippen LogP contribution is 2.34. The van der Waals surface area contributed by atoms with Gasteiger partial charge in [0.25, 0.3) is 0 Å². The molecule has 12 nitrogen and oxygen atoms in total. The second kappa shape index (κ2) is 31.5. The van der Waals surface area contributed by atoms with Gasteiger partial charge in [0.1, 0.15) is 0 Å². The summed E-state index contributed by atoms with van der Waals surface area (Å²) in [4.78, 5) is 57.3. The number of halogens is 1. The predicted octanol–water partition coefficient (Wildman–Crippen LogP) is 13.7. The Hall–Kier alpha value is -5.87. The van der Waals surface area contributed by atoms with Crippen LogP contribution in [0.2, 0.25) is 0 Å². The molecule has 0 saturated carbocycles. The van der Waals surface area contributed by atoms with Gasteiger partial charge in [0, 0.05) is 60.0 Å². The lowest BCUT2D eigenvalue weighted by Gasteiger charge is -2.34. The van der Waals surface area contributed by atoms with Crippen LogP contribution in [0.1, 0.15) is 102 Å². The number of carboxylic acid groups (broad SMARTS) is 1. The van der Waals surface area contributed by atoms with Crippen LogP contribution in [0.25, 0.3) is 11.1 Å². The molecular formula is C61H78BBrN4O8S2. The van der Waals surface area contributed by atoms with Crippen LogP contribution >= 0.6 is 38.6 Å². The fourth-order valence-electron chi connectivity index (χ4n) is 8.39. The van der Waals surface area contributed by atoms with Crippen LogP contribution in [0.15, 0.2) is 117 Å². The molecule has 2 amide bonds. The monoisotopic (exact) mass is 1150 g/mol.